The Kier molecular flexibility index (Phi) is 8.95. The van der Waals surface area contributed by atoms with Gasteiger partial charge in [-0.3, -0.25) is 19.3 Å². The summed E-state index contributed by atoms with van der Waals surface area (Å²) in [5.74, 6) is 0.479. The standard InChI is InChI=1S/C37H35N7O5S/c1-22-18-28(49-27-10-4-3-5-11-27)12-13-29(22)44-30-14-15-39-35-31(30)32(41-37(44)48)33(50-35)34(46)40-25-8-6-16-42(21-25)36(47)24(20-38)19-26-9-7-17-43(26)23(2)45/h3-5,10-15,18-19,25-26H,6-9,16-17,21H2,1-2H3,(H,40,46)(H,41,48)/b24-19+/t25-,26+/m1/s1. The third-order valence-electron chi connectivity index (χ3n) is 9.30. The smallest absolute Gasteiger partial charge is 0.331 e. The number of piperidine rings is 1. The van der Waals surface area contributed by atoms with Crippen LogP contribution in [0.5, 0.6) is 11.5 Å². The molecule has 4 aromatic rings. The number of nitriles is 1. The summed E-state index contributed by atoms with van der Waals surface area (Å²) in [5.41, 5.74) is 2.50. The molecule has 2 N–H and O–H groups in total. The number of hydrogen-bond donors (Lipinski definition) is 2. The number of hydrogen-bond acceptors (Lipinski definition) is 8. The highest BCUT2D eigenvalue weighted by Crippen LogP contribution is 2.46. The second-order valence-electron chi connectivity index (χ2n) is 12.6. The molecule has 13 heteroatoms. The van der Waals surface area contributed by atoms with E-state index >= 15 is 0 Å². The van der Waals surface area contributed by atoms with Gasteiger partial charge < -0.3 is 25.2 Å². The van der Waals surface area contributed by atoms with Crippen LogP contribution in [-0.4, -0.2) is 70.3 Å². The molecular formula is C37H35N7O5S. The molecule has 3 aliphatic heterocycles. The molecule has 12 nitrogen and oxygen atoms in total. The number of pyridine rings is 1. The van der Waals surface area contributed by atoms with Gasteiger partial charge in [-0.05, 0) is 80.6 Å². The Hall–Kier alpha value is -5.74. The van der Waals surface area contributed by atoms with Gasteiger partial charge in [0.05, 0.1) is 28.5 Å². The van der Waals surface area contributed by atoms with Crippen molar-refractivity contribution in [3.8, 4) is 17.6 Å². The molecule has 0 saturated carbocycles. The molecule has 7 rings (SSSR count). The topological polar surface area (TPSA) is 148 Å². The SMILES string of the molecule is CC(=O)N1CCC[C@H]1/C=C(\C#N)C(=O)N1CCC[C@@H](NC(=O)c2sc3nccc4c3c2NC(=O)N4c2ccc(Oc3ccccc3)cc2C)C1. The largest absolute Gasteiger partial charge is 0.457 e. The molecule has 2 aromatic carbocycles. The first-order chi connectivity index (χ1) is 24.2. The normalized spacial score (nSPS) is 18.9. The number of carbonyl (C=O) groups is 4. The molecule has 3 aliphatic rings. The first kappa shape index (κ1) is 32.8. The molecular weight excluding hydrogens is 655 g/mol. The lowest BCUT2D eigenvalue weighted by molar-refractivity contribution is -0.130. The summed E-state index contributed by atoms with van der Waals surface area (Å²) < 4.78 is 5.99. The third-order valence-corrected chi connectivity index (χ3v) is 10.4. The molecule has 254 valence electrons. The van der Waals surface area contributed by atoms with Gasteiger partial charge in [0.2, 0.25) is 5.91 Å². The molecule has 5 amide bonds. The lowest BCUT2D eigenvalue weighted by Crippen LogP contribution is -2.50. The van der Waals surface area contributed by atoms with Crippen LogP contribution in [0.25, 0.3) is 10.2 Å². The molecule has 2 aromatic heterocycles. The van der Waals surface area contributed by atoms with Crippen molar-refractivity contribution in [3.05, 3.63) is 82.9 Å². The van der Waals surface area contributed by atoms with E-state index in [0.29, 0.717) is 76.0 Å². The zero-order valence-electron chi connectivity index (χ0n) is 27.6. The van der Waals surface area contributed by atoms with E-state index in [4.69, 9.17) is 4.74 Å². The Morgan fingerprint density at radius 2 is 1.86 bits per heavy atom. The maximum Gasteiger partial charge on any atom is 0.331 e. The lowest BCUT2D eigenvalue weighted by atomic mass is 10.0. The van der Waals surface area contributed by atoms with E-state index in [1.165, 1.54) is 18.3 Å². The highest BCUT2D eigenvalue weighted by molar-refractivity contribution is 7.21. The first-order valence-corrected chi connectivity index (χ1v) is 17.4. The van der Waals surface area contributed by atoms with Crippen molar-refractivity contribution in [2.75, 3.05) is 29.9 Å². The van der Waals surface area contributed by atoms with Gasteiger partial charge in [0.1, 0.15) is 32.8 Å². The monoisotopic (exact) mass is 689 g/mol. The second-order valence-corrected chi connectivity index (χ2v) is 13.6. The lowest BCUT2D eigenvalue weighted by Gasteiger charge is -2.33. The van der Waals surface area contributed by atoms with Gasteiger partial charge in [0.25, 0.3) is 11.8 Å². The molecule has 2 atom stereocenters. The average molecular weight is 690 g/mol. The number of carbonyl (C=O) groups excluding carboxylic acids is 4. The Balaban J connectivity index is 1.09. The number of rotatable bonds is 7. The Morgan fingerprint density at radius 3 is 2.62 bits per heavy atom. The number of para-hydroxylation sites is 1. The second kappa shape index (κ2) is 13.6. The minimum absolute atomic E-state index is 0.00327. The van der Waals surface area contributed by atoms with Gasteiger partial charge in [-0.15, -0.1) is 11.3 Å². The van der Waals surface area contributed by atoms with Crippen LogP contribution < -0.4 is 20.3 Å². The van der Waals surface area contributed by atoms with Crippen molar-refractivity contribution >= 4 is 62.4 Å². The van der Waals surface area contributed by atoms with E-state index in [2.05, 4.69) is 15.6 Å². The summed E-state index contributed by atoms with van der Waals surface area (Å²) in [5, 5.41) is 16.5. The number of amides is 5. The van der Waals surface area contributed by atoms with E-state index in [1.54, 1.807) is 33.0 Å². The number of urea groups is 1. The van der Waals surface area contributed by atoms with Crippen LogP contribution in [0.2, 0.25) is 0 Å². The number of aryl methyl sites for hydroxylation is 1. The van der Waals surface area contributed by atoms with Crippen LogP contribution in [0.3, 0.4) is 0 Å². The van der Waals surface area contributed by atoms with E-state index in [-0.39, 0.29) is 36.0 Å². The van der Waals surface area contributed by atoms with E-state index in [1.807, 2.05) is 61.5 Å². The zero-order chi connectivity index (χ0) is 34.9. The molecule has 2 fully saturated rings. The maximum absolute atomic E-state index is 13.8. The molecule has 0 aliphatic carbocycles. The van der Waals surface area contributed by atoms with E-state index < -0.39 is 11.9 Å². The number of nitrogens with zero attached hydrogens (tertiary/aromatic N) is 5. The fraction of sp³-hybridized carbons (Fsp3) is 0.297. The molecule has 50 heavy (non-hydrogen) atoms. The van der Waals surface area contributed by atoms with Gasteiger partial charge in [0, 0.05) is 38.8 Å². The van der Waals surface area contributed by atoms with Gasteiger partial charge >= 0.3 is 6.03 Å². The summed E-state index contributed by atoms with van der Waals surface area (Å²) in [7, 11) is 0. The first-order valence-electron chi connectivity index (χ1n) is 16.6. The van der Waals surface area contributed by atoms with E-state index in [0.717, 1.165) is 12.0 Å². The summed E-state index contributed by atoms with van der Waals surface area (Å²) in [6, 6.07) is 17.7. The molecule has 2 saturated heterocycles. The maximum atomic E-state index is 13.8. The quantitative estimate of drug-likeness (QED) is 0.172. The van der Waals surface area contributed by atoms with Crippen LogP contribution in [-0.2, 0) is 9.59 Å². The molecule has 0 unspecified atom stereocenters. The zero-order valence-corrected chi connectivity index (χ0v) is 28.5. The summed E-state index contributed by atoms with van der Waals surface area (Å²) >= 11 is 1.19. The van der Waals surface area contributed by atoms with Gasteiger partial charge in [-0.2, -0.15) is 5.26 Å². The molecule has 5 heterocycles. The van der Waals surface area contributed by atoms with Crippen molar-refractivity contribution in [3.63, 3.8) is 0 Å². The minimum atomic E-state index is -0.409. The third kappa shape index (κ3) is 6.25. The number of anilines is 3. The fourth-order valence-corrected chi connectivity index (χ4v) is 7.98. The number of benzene rings is 2. The number of aromatic nitrogens is 1. The summed E-state index contributed by atoms with van der Waals surface area (Å²) in [6.07, 6.45) is 6.04. The predicted molar refractivity (Wildman–Crippen MR) is 190 cm³/mol. The van der Waals surface area contributed by atoms with Crippen molar-refractivity contribution in [1.82, 2.24) is 20.1 Å². The molecule has 0 radical (unpaired) electrons. The molecule has 0 spiro atoms. The molecule has 0 bridgehead atoms. The highest BCUT2D eigenvalue weighted by atomic mass is 32.1. The number of thiophene rings is 1. The summed E-state index contributed by atoms with van der Waals surface area (Å²) in [6.45, 7) is 4.69. The van der Waals surface area contributed by atoms with Crippen LogP contribution in [0, 0.1) is 18.3 Å². The number of likely N-dealkylation sites (tertiary alicyclic amines) is 2. The number of ether oxygens (including phenoxy) is 1. The average Bonchev–Trinajstić information content (AvgIpc) is 3.74. The van der Waals surface area contributed by atoms with Crippen molar-refractivity contribution < 1.29 is 23.9 Å². The van der Waals surface area contributed by atoms with Crippen LogP contribution in [0.15, 0.2) is 72.4 Å². The van der Waals surface area contributed by atoms with Crippen molar-refractivity contribution in [2.45, 2.75) is 51.6 Å². The fourth-order valence-electron chi connectivity index (χ4n) is 6.96. The van der Waals surface area contributed by atoms with Gasteiger partial charge in [0.15, 0.2) is 0 Å². The Morgan fingerprint density at radius 1 is 1.06 bits per heavy atom. The van der Waals surface area contributed by atoms with Crippen molar-refractivity contribution in [2.24, 2.45) is 0 Å². The Labute approximate surface area is 292 Å². The van der Waals surface area contributed by atoms with Crippen LogP contribution in [0.1, 0.15) is 47.8 Å². The number of nitrogens with one attached hydrogen (secondary N) is 2. The van der Waals surface area contributed by atoms with Crippen LogP contribution in [0.4, 0.5) is 21.9 Å². The van der Waals surface area contributed by atoms with Crippen LogP contribution >= 0.6 is 11.3 Å². The van der Waals surface area contributed by atoms with Crippen molar-refractivity contribution in [1.29, 1.82) is 5.26 Å². The van der Waals surface area contributed by atoms with E-state index in [9.17, 15) is 24.4 Å². The Bertz CT molecular complexity index is 2090. The van der Waals surface area contributed by atoms with Gasteiger partial charge in [-0.1, -0.05) is 18.2 Å². The highest BCUT2D eigenvalue weighted by Gasteiger charge is 2.35. The van der Waals surface area contributed by atoms with Gasteiger partial charge in [-0.25, -0.2) is 9.78 Å². The minimum Gasteiger partial charge on any atom is -0.457 e. The predicted octanol–water partition coefficient (Wildman–Crippen LogP) is 6.26. The summed E-state index contributed by atoms with van der Waals surface area (Å²) in [4.78, 5) is 63.2.